The second-order valence-electron chi connectivity index (χ2n) is 2.04. The smallest absolute Gasteiger partial charge is 0.261 e. The van der Waals surface area contributed by atoms with Crippen LogP contribution in [0.15, 0.2) is 0 Å². The fourth-order valence-corrected chi connectivity index (χ4v) is 0.433. The molecule has 0 aliphatic carbocycles. The molecular weight excluding hydrogens is 216 g/mol. The van der Waals surface area contributed by atoms with E-state index in [2.05, 4.69) is 11.8 Å². The number of unbranched alkanes of at least 4 members (excludes halogenated alkanes) is 1. The monoisotopic (exact) mass is 228 g/mol. The van der Waals surface area contributed by atoms with Gasteiger partial charge in [-0.05, 0) is 6.42 Å². The number of aliphatic hydroxyl groups excluding tert-OH is 1. The predicted octanol–water partition coefficient (Wildman–Crippen LogP) is 0.505. The van der Waals surface area contributed by atoms with E-state index in [1.807, 2.05) is 0 Å². The molecule has 0 aliphatic rings. The van der Waals surface area contributed by atoms with Gasteiger partial charge in [-0.25, -0.2) is 0 Å². The molecule has 78 valence electrons. The van der Waals surface area contributed by atoms with Gasteiger partial charge in [0, 0.05) is 12.3 Å². The predicted molar refractivity (Wildman–Crippen MR) is 52.3 cm³/mol. The Kier molecular flexibility index (Phi) is 11.5. The molecule has 0 amide bonds. The average molecular weight is 229 g/mol. The van der Waals surface area contributed by atoms with E-state index in [1.54, 1.807) is 0 Å². The van der Waals surface area contributed by atoms with Gasteiger partial charge < -0.3 is 5.11 Å². The van der Waals surface area contributed by atoms with Crippen LogP contribution in [0.25, 0.3) is 0 Å². The highest BCUT2D eigenvalue weighted by Crippen LogP contribution is 1.87. The topological polar surface area (TPSA) is 74.6 Å². The summed E-state index contributed by atoms with van der Waals surface area (Å²) in [4.78, 5) is 0. The van der Waals surface area contributed by atoms with E-state index in [9.17, 15) is 8.42 Å². The first-order valence-corrected chi connectivity index (χ1v) is 5.85. The highest BCUT2D eigenvalue weighted by molar-refractivity contribution is 7.85. The second-order valence-corrected chi connectivity index (χ2v) is 3.88. The van der Waals surface area contributed by atoms with Gasteiger partial charge in [0.25, 0.3) is 10.1 Å². The van der Waals surface area contributed by atoms with Gasteiger partial charge in [-0.3, -0.25) is 4.55 Å². The van der Waals surface area contributed by atoms with Crippen LogP contribution >= 0.6 is 11.6 Å². The molecule has 0 heterocycles. The summed E-state index contributed by atoms with van der Waals surface area (Å²) in [7, 11) is -3.67. The van der Waals surface area contributed by atoms with Gasteiger partial charge in [-0.1, -0.05) is 5.92 Å². The quantitative estimate of drug-likeness (QED) is 0.313. The SMILES string of the molecule is CS(=O)(=O)O.OCC#CCCCCl. The van der Waals surface area contributed by atoms with Crippen LogP contribution in [0.5, 0.6) is 0 Å². The van der Waals surface area contributed by atoms with Crippen LogP contribution in [0, 0.1) is 11.8 Å². The molecule has 2 N–H and O–H groups in total. The minimum atomic E-state index is -3.67. The van der Waals surface area contributed by atoms with Crippen molar-refractivity contribution in [2.24, 2.45) is 0 Å². The fourth-order valence-electron chi connectivity index (χ4n) is 0.299. The summed E-state index contributed by atoms with van der Waals surface area (Å²) in [6, 6.07) is 0. The maximum absolute atomic E-state index is 9.19. The summed E-state index contributed by atoms with van der Waals surface area (Å²) in [5, 5.41) is 8.16. The molecular formula is C7H13ClO4S. The van der Waals surface area contributed by atoms with Gasteiger partial charge in [-0.2, -0.15) is 8.42 Å². The van der Waals surface area contributed by atoms with Crippen molar-refractivity contribution in [3.8, 4) is 11.8 Å². The van der Waals surface area contributed by atoms with Crippen LogP contribution in [0.4, 0.5) is 0 Å². The summed E-state index contributed by atoms with van der Waals surface area (Å²) in [5.74, 6) is 5.93. The molecule has 0 aromatic rings. The van der Waals surface area contributed by atoms with E-state index >= 15 is 0 Å². The summed E-state index contributed by atoms with van der Waals surface area (Å²) in [6.45, 7) is -0.0394. The largest absolute Gasteiger partial charge is 0.384 e. The van der Waals surface area contributed by atoms with Crippen molar-refractivity contribution in [1.29, 1.82) is 0 Å². The molecule has 6 heteroatoms. The number of hydrogen-bond donors (Lipinski definition) is 2. The average Bonchev–Trinajstić information content (AvgIpc) is 1.95. The van der Waals surface area contributed by atoms with E-state index in [1.165, 1.54) is 0 Å². The first kappa shape index (κ1) is 15.2. The number of halogens is 1. The second kappa shape index (κ2) is 9.81. The third kappa shape index (κ3) is 49.7. The molecule has 0 fully saturated rings. The molecule has 0 aliphatic heterocycles. The van der Waals surface area contributed by atoms with Crippen molar-refractivity contribution >= 4 is 21.7 Å². The Bertz CT molecular complexity index is 241. The van der Waals surface area contributed by atoms with E-state index in [4.69, 9.17) is 21.3 Å². The zero-order valence-corrected chi connectivity index (χ0v) is 8.90. The lowest BCUT2D eigenvalue weighted by Crippen LogP contribution is -1.88. The molecule has 0 unspecified atom stereocenters. The summed E-state index contributed by atoms with van der Waals surface area (Å²) >= 11 is 5.35. The van der Waals surface area contributed by atoms with Crippen molar-refractivity contribution in [2.75, 3.05) is 18.7 Å². The highest BCUT2D eigenvalue weighted by Gasteiger charge is 1.81. The minimum absolute atomic E-state index is 0.0394. The molecule has 0 bridgehead atoms. The Morgan fingerprint density at radius 2 is 1.85 bits per heavy atom. The van der Waals surface area contributed by atoms with Crippen molar-refractivity contribution in [1.82, 2.24) is 0 Å². The van der Waals surface area contributed by atoms with Gasteiger partial charge in [0.1, 0.15) is 6.61 Å². The Balaban J connectivity index is 0. The molecule has 0 aromatic carbocycles. The molecule has 0 aromatic heterocycles. The Labute approximate surface area is 83.7 Å². The summed E-state index contributed by atoms with van der Waals surface area (Å²) < 4.78 is 25.9. The van der Waals surface area contributed by atoms with Crippen LogP contribution in [-0.2, 0) is 10.1 Å². The van der Waals surface area contributed by atoms with Gasteiger partial charge >= 0.3 is 0 Å². The molecule has 0 atom stereocenters. The first-order valence-electron chi connectivity index (χ1n) is 3.46. The maximum Gasteiger partial charge on any atom is 0.261 e. The lowest BCUT2D eigenvalue weighted by Gasteiger charge is -1.80. The molecule has 0 radical (unpaired) electrons. The number of aliphatic hydroxyl groups is 1. The van der Waals surface area contributed by atoms with Gasteiger partial charge in [0.05, 0.1) is 6.26 Å². The van der Waals surface area contributed by atoms with Crippen LogP contribution in [0.3, 0.4) is 0 Å². The van der Waals surface area contributed by atoms with Crippen LogP contribution in [0.1, 0.15) is 12.8 Å². The van der Waals surface area contributed by atoms with E-state index < -0.39 is 10.1 Å². The standard InChI is InChI=1S/C6H9ClO.CH4O3S/c7-5-3-1-2-4-6-8;1-5(2,3)4/h8H,1,3,5-6H2;1H3,(H,2,3,4). The summed E-state index contributed by atoms with van der Waals surface area (Å²) in [5.41, 5.74) is 0. The Hall–Kier alpha value is -0.280. The molecule has 0 spiro atoms. The Morgan fingerprint density at radius 3 is 2.15 bits per heavy atom. The third-order valence-electron chi connectivity index (χ3n) is 0.639. The third-order valence-corrected chi connectivity index (χ3v) is 0.907. The van der Waals surface area contributed by atoms with Crippen molar-refractivity contribution in [3.63, 3.8) is 0 Å². The van der Waals surface area contributed by atoms with Crippen molar-refractivity contribution in [3.05, 3.63) is 0 Å². The number of hydrogen-bond acceptors (Lipinski definition) is 3. The number of rotatable bonds is 2. The molecule has 0 saturated heterocycles. The van der Waals surface area contributed by atoms with E-state index in [0.717, 1.165) is 12.8 Å². The number of alkyl halides is 1. The van der Waals surface area contributed by atoms with Gasteiger partial charge in [0.2, 0.25) is 0 Å². The Morgan fingerprint density at radius 1 is 1.38 bits per heavy atom. The molecule has 13 heavy (non-hydrogen) atoms. The zero-order chi connectivity index (χ0) is 10.7. The van der Waals surface area contributed by atoms with Crippen molar-refractivity contribution in [2.45, 2.75) is 12.8 Å². The van der Waals surface area contributed by atoms with E-state index in [-0.39, 0.29) is 6.61 Å². The lowest BCUT2D eigenvalue weighted by molar-refractivity contribution is 0.350. The highest BCUT2D eigenvalue weighted by atomic mass is 35.5. The first-order chi connectivity index (χ1) is 5.91. The van der Waals surface area contributed by atoms with Crippen LogP contribution < -0.4 is 0 Å². The maximum atomic E-state index is 9.19. The zero-order valence-electron chi connectivity index (χ0n) is 7.33. The van der Waals surface area contributed by atoms with Crippen LogP contribution in [0.2, 0.25) is 0 Å². The fraction of sp³-hybridized carbons (Fsp3) is 0.714. The van der Waals surface area contributed by atoms with Crippen molar-refractivity contribution < 1.29 is 18.1 Å². The molecule has 0 saturated carbocycles. The molecule has 0 rings (SSSR count). The lowest BCUT2D eigenvalue weighted by atomic mass is 10.3. The van der Waals surface area contributed by atoms with E-state index in [0.29, 0.717) is 12.1 Å². The molecule has 4 nitrogen and oxygen atoms in total. The summed E-state index contributed by atoms with van der Waals surface area (Å²) in [6.07, 6.45) is 2.42. The normalized spacial score (nSPS) is 9.23. The van der Waals surface area contributed by atoms with Crippen LogP contribution in [-0.4, -0.2) is 36.8 Å². The van der Waals surface area contributed by atoms with Gasteiger partial charge in [-0.15, -0.1) is 17.5 Å². The van der Waals surface area contributed by atoms with Gasteiger partial charge in [0.15, 0.2) is 0 Å². The minimum Gasteiger partial charge on any atom is -0.384 e.